The number of carbonyl (C=O) groups excluding carboxylic acids is 2. The van der Waals surface area contributed by atoms with Gasteiger partial charge in [0, 0.05) is 11.5 Å². The van der Waals surface area contributed by atoms with Crippen molar-refractivity contribution in [1.29, 1.82) is 0 Å². The Morgan fingerprint density at radius 3 is 2.63 bits per heavy atom. The lowest BCUT2D eigenvalue weighted by molar-refractivity contribution is -0.124. The van der Waals surface area contributed by atoms with Gasteiger partial charge in [0.25, 0.3) is 5.91 Å². The molecule has 2 amide bonds. The van der Waals surface area contributed by atoms with Crippen LogP contribution in [0.25, 0.3) is 10.8 Å². The fourth-order valence-electron chi connectivity index (χ4n) is 3.78. The molecule has 3 rings (SSSR count). The fourth-order valence-corrected chi connectivity index (χ4v) is 3.78. The van der Waals surface area contributed by atoms with E-state index in [0.29, 0.717) is 24.3 Å². The first kappa shape index (κ1) is 25.7. The molecule has 2 atom stereocenters. The van der Waals surface area contributed by atoms with Gasteiger partial charge in [0.15, 0.2) is 0 Å². The van der Waals surface area contributed by atoms with Crippen LogP contribution in [0.5, 0.6) is 5.75 Å². The first-order valence-corrected chi connectivity index (χ1v) is 11.4. The highest BCUT2D eigenvalue weighted by Gasteiger charge is 2.24. The van der Waals surface area contributed by atoms with E-state index in [1.54, 1.807) is 29.8 Å². The summed E-state index contributed by atoms with van der Waals surface area (Å²) in [4.78, 5) is 24.2. The lowest BCUT2D eigenvalue weighted by Gasteiger charge is -2.25. The molecule has 0 fully saturated rings. The normalized spacial score (nSPS) is 12.8. The smallest absolute Gasteiger partial charge is 0.412 e. The highest BCUT2D eigenvalue weighted by molar-refractivity contribution is 6.00. The second-order valence-corrected chi connectivity index (χ2v) is 8.06. The van der Waals surface area contributed by atoms with E-state index in [9.17, 15) is 9.59 Å². The van der Waals surface area contributed by atoms with Crippen LogP contribution in [-0.4, -0.2) is 35.5 Å². The van der Waals surface area contributed by atoms with Gasteiger partial charge in [-0.15, -0.1) is 0 Å². The molecular formula is C27H30N2O6. The molecule has 35 heavy (non-hydrogen) atoms. The van der Waals surface area contributed by atoms with Crippen LogP contribution < -0.4 is 15.5 Å². The summed E-state index contributed by atoms with van der Waals surface area (Å²) in [6.45, 7) is 2.00. The van der Waals surface area contributed by atoms with Crippen LogP contribution in [0, 0.1) is 5.92 Å². The topological polar surface area (TPSA) is 117 Å². The Kier molecular flexibility index (Phi) is 9.65. The van der Waals surface area contributed by atoms with Crippen LogP contribution in [0.3, 0.4) is 0 Å². The Labute approximate surface area is 204 Å². The minimum absolute atomic E-state index is 0.108. The summed E-state index contributed by atoms with van der Waals surface area (Å²) in [5.41, 5.74) is 2.95. The van der Waals surface area contributed by atoms with Crippen molar-refractivity contribution in [2.24, 2.45) is 5.92 Å². The van der Waals surface area contributed by atoms with Gasteiger partial charge in [-0.25, -0.2) is 10.3 Å². The predicted octanol–water partition coefficient (Wildman–Crippen LogP) is 4.98. The summed E-state index contributed by atoms with van der Waals surface area (Å²) < 4.78 is 11.4. The first-order chi connectivity index (χ1) is 17.0. The monoisotopic (exact) mass is 478 g/mol. The van der Waals surface area contributed by atoms with Crippen LogP contribution in [-0.2, 0) is 9.53 Å². The maximum Gasteiger partial charge on any atom is 0.412 e. The van der Waals surface area contributed by atoms with E-state index in [-0.39, 0.29) is 19.1 Å². The summed E-state index contributed by atoms with van der Waals surface area (Å²) in [7, 11) is 0. The Morgan fingerprint density at radius 1 is 1.06 bits per heavy atom. The number of amides is 2. The van der Waals surface area contributed by atoms with Gasteiger partial charge in [0.05, 0.1) is 12.3 Å². The Balaban J connectivity index is 1.78. The van der Waals surface area contributed by atoms with Crippen molar-refractivity contribution in [1.82, 2.24) is 5.48 Å². The van der Waals surface area contributed by atoms with Gasteiger partial charge in [-0.05, 0) is 47.9 Å². The number of rotatable bonds is 11. The van der Waals surface area contributed by atoms with Gasteiger partial charge in [0.2, 0.25) is 0 Å². The summed E-state index contributed by atoms with van der Waals surface area (Å²) in [5, 5.41) is 22.4. The zero-order valence-corrected chi connectivity index (χ0v) is 19.5. The molecule has 0 unspecified atom stereocenters. The van der Waals surface area contributed by atoms with Crippen molar-refractivity contribution in [2.45, 2.75) is 25.9 Å². The van der Waals surface area contributed by atoms with E-state index < -0.39 is 18.1 Å². The summed E-state index contributed by atoms with van der Waals surface area (Å²) >= 11 is 0. The molecule has 0 saturated heterocycles. The highest BCUT2D eigenvalue weighted by Crippen LogP contribution is 2.32. The molecule has 0 aliphatic rings. The standard InChI is InChI=1S/C27H30N2O6/c1-19(8-2-5-15-25(31)29-33)26(21-11-6-12-22(18-21)34-17-16-30)35-27(32)28-24-14-7-10-20-9-3-4-13-23(20)24/h3-7,9-15,18-19,26,30,33H,2,8,16-17H2,1H3,(H,28,32)(H,29,31)/b15-5+/t19-,26-/m1/s1. The number of anilines is 1. The van der Waals surface area contributed by atoms with Crippen LogP contribution in [0.15, 0.2) is 78.9 Å². The van der Waals surface area contributed by atoms with Gasteiger partial charge in [-0.2, -0.15) is 0 Å². The molecule has 8 heteroatoms. The Bertz CT molecular complexity index is 1160. The quantitative estimate of drug-likeness (QED) is 0.175. The number of hydrogen-bond acceptors (Lipinski definition) is 6. The third-order valence-electron chi connectivity index (χ3n) is 5.49. The molecule has 0 aliphatic heterocycles. The van der Waals surface area contributed by atoms with E-state index in [2.05, 4.69) is 5.32 Å². The largest absolute Gasteiger partial charge is 0.491 e. The number of carbonyl (C=O) groups is 2. The molecule has 8 nitrogen and oxygen atoms in total. The van der Waals surface area contributed by atoms with Crippen molar-refractivity contribution in [3.05, 3.63) is 84.4 Å². The number of benzene rings is 3. The number of hydrogen-bond donors (Lipinski definition) is 4. The SMILES string of the molecule is C[C@H](CC/C=C/C(=O)NO)[C@@H](OC(=O)Nc1cccc2ccccc12)c1cccc(OCCO)c1. The van der Waals surface area contributed by atoms with Gasteiger partial charge in [0.1, 0.15) is 18.5 Å². The van der Waals surface area contributed by atoms with Crippen LogP contribution in [0.4, 0.5) is 10.5 Å². The molecule has 0 radical (unpaired) electrons. The van der Waals surface area contributed by atoms with Crippen LogP contribution in [0.2, 0.25) is 0 Å². The lowest BCUT2D eigenvalue weighted by Crippen LogP contribution is -2.22. The van der Waals surface area contributed by atoms with Crippen molar-refractivity contribution in [3.8, 4) is 5.75 Å². The van der Waals surface area contributed by atoms with Crippen molar-refractivity contribution >= 4 is 28.5 Å². The van der Waals surface area contributed by atoms with E-state index >= 15 is 0 Å². The number of aliphatic hydroxyl groups is 1. The lowest BCUT2D eigenvalue weighted by atomic mass is 9.93. The van der Waals surface area contributed by atoms with E-state index in [0.717, 1.165) is 16.3 Å². The highest BCUT2D eigenvalue weighted by atomic mass is 16.6. The number of fused-ring (bicyclic) bond motifs is 1. The minimum atomic E-state index is -0.603. The molecule has 0 spiro atoms. The van der Waals surface area contributed by atoms with Crippen LogP contribution >= 0.6 is 0 Å². The van der Waals surface area contributed by atoms with Gasteiger partial charge < -0.3 is 14.6 Å². The third-order valence-corrected chi connectivity index (χ3v) is 5.49. The average molecular weight is 479 g/mol. The summed E-state index contributed by atoms with van der Waals surface area (Å²) in [6.07, 6.45) is 2.87. The maximum atomic E-state index is 13.0. The van der Waals surface area contributed by atoms with Gasteiger partial charge >= 0.3 is 6.09 Å². The number of ether oxygens (including phenoxy) is 2. The molecule has 3 aromatic carbocycles. The number of hydroxylamine groups is 1. The van der Waals surface area contributed by atoms with Crippen molar-refractivity contribution in [3.63, 3.8) is 0 Å². The van der Waals surface area contributed by atoms with Crippen molar-refractivity contribution < 1.29 is 29.4 Å². The Hall–Kier alpha value is -3.88. The van der Waals surface area contributed by atoms with Gasteiger partial charge in [-0.1, -0.05) is 61.5 Å². The number of aliphatic hydroxyl groups excluding tert-OH is 1. The average Bonchev–Trinajstić information content (AvgIpc) is 2.88. The zero-order valence-electron chi connectivity index (χ0n) is 19.5. The second kappa shape index (κ2) is 13.1. The zero-order chi connectivity index (χ0) is 25.0. The van der Waals surface area contributed by atoms with Crippen molar-refractivity contribution in [2.75, 3.05) is 18.5 Å². The molecule has 4 N–H and O–H groups in total. The third kappa shape index (κ3) is 7.56. The Morgan fingerprint density at radius 2 is 1.83 bits per heavy atom. The van der Waals surface area contributed by atoms with E-state index in [1.807, 2.05) is 55.5 Å². The molecular weight excluding hydrogens is 448 g/mol. The molecule has 184 valence electrons. The number of nitrogens with one attached hydrogen (secondary N) is 2. The molecule has 0 bridgehead atoms. The number of allylic oxidation sites excluding steroid dienone is 1. The second-order valence-electron chi connectivity index (χ2n) is 8.06. The molecule has 0 saturated carbocycles. The van der Waals surface area contributed by atoms with Crippen LogP contribution in [0.1, 0.15) is 31.4 Å². The predicted molar refractivity (Wildman–Crippen MR) is 133 cm³/mol. The molecule has 0 aliphatic carbocycles. The molecule has 0 heterocycles. The van der Waals surface area contributed by atoms with E-state index in [1.165, 1.54) is 6.08 Å². The first-order valence-electron chi connectivity index (χ1n) is 11.4. The van der Waals surface area contributed by atoms with E-state index in [4.69, 9.17) is 19.8 Å². The summed E-state index contributed by atoms with van der Waals surface area (Å²) in [6, 6.07) is 20.6. The maximum absolute atomic E-state index is 13.0. The fraction of sp³-hybridized carbons (Fsp3) is 0.259. The minimum Gasteiger partial charge on any atom is -0.491 e. The molecule has 0 aromatic heterocycles. The molecule has 3 aromatic rings. The summed E-state index contributed by atoms with van der Waals surface area (Å²) in [5.74, 6) is -0.150. The van der Waals surface area contributed by atoms with Gasteiger partial charge in [-0.3, -0.25) is 15.3 Å².